The summed E-state index contributed by atoms with van der Waals surface area (Å²) in [7, 11) is 1.43. The molecule has 0 amide bonds. The van der Waals surface area contributed by atoms with E-state index in [4.69, 9.17) is 5.73 Å². The van der Waals surface area contributed by atoms with Gasteiger partial charge >= 0.3 is 5.97 Å². The predicted octanol–water partition coefficient (Wildman–Crippen LogP) is 2.94. The second kappa shape index (κ2) is 9.52. The summed E-state index contributed by atoms with van der Waals surface area (Å²) in [5, 5.41) is 0. The first-order valence-electron chi connectivity index (χ1n) is 5.02. The van der Waals surface area contributed by atoms with Crippen molar-refractivity contribution in [3.05, 3.63) is 5.73 Å². The van der Waals surface area contributed by atoms with Gasteiger partial charge in [0.15, 0.2) is 0 Å². The van der Waals surface area contributed by atoms with Gasteiger partial charge in [-0.2, -0.15) is 6.54 Å². The number of rotatable bonds is 8. The Morgan fingerprint density at radius 2 is 1.62 bits per heavy atom. The minimum absolute atomic E-state index is 0.105. The lowest BCUT2D eigenvalue weighted by molar-refractivity contribution is -0.140. The molecular weight excluding hydrogens is 166 g/mol. The Kier molecular flexibility index (Phi) is 9.10. The van der Waals surface area contributed by atoms with Gasteiger partial charge in [0, 0.05) is 6.42 Å². The van der Waals surface area contributed by atoms with Gasteiger partial charge in [-0.3, -0.25) is 4.79 Å². The van der Waals surface area contributed by atoms with Crippen LogP contribution < -0.4 is 0 Å². The van der Waals surface area contributed by atoms with E-state index in [0.29, 0.717) is 13.0 Å². The molecule has 3 heteroatoms. The molecule has 0 rings (SSSR count). The lowest BCUT2D eigenvalue weighted by Crippen LogP contribution is -1.99. The van der Waals surface area contributed by atoms with Crippen molar-refractivity contribution >= 4 is 5.97 Å². The van der Waals surface area contributed by atoms with Crippen LogP contribution in [0, 0.1) is 0 Å². The fraction of sp³-hybridized carbons (Fsp3) is 0.900. The lowest BCUT2D eigenvalue weighted by Gasteiger charge is -2.02. The molecule has 0 aromatic heterocycles. The van der Waals surface area contributed by atoms with Crippen molar-refractivity contribution in [1.29, 1.82) is 0 Å². The second-order valence-electron chi connectivity index (χ2n) is 3.20. The minimum Gasteiger partial charge on any atom is -0.677 e. The van der Waals surface area contributed by atoms with Crippen molar-refractivity contribution in [1.82, 2.24) is 0 Å². The first-order chi connectivity index (χ1) is 6.31. The molecule has 0 heterocycles. The van der Waals surface area contributed by atoms with Crippen LogP contribution in [0.25, 0.3) is 5.73 Å². The zero-order valence-electron chi connectivity index (χ0n) is 8.47. The number of ether oxygens (including phenoxy) is 1. The van der Waals surface area contributed by atoms with E-state index in [-0.39, 0.29) is 5.97 Å². The molecule has 0 saturated heterocycles. The summed E-state index contributed by atoms with van der Waals surface area (Å²) in [6.45, 7) is 0.544. The highest BCUT2D eigenvalue weighted by Gasteiger charge is 1.98. The van der Waals surface area contributed by atoms with E-state index >= 15 is 0 Å². The molecule has 0 fully saturated rings. The Bertz CT molecular complexity index is 126. The molecule has 0 saturated carbocycles. The lowest BCUT2D eigenvalue weighted by atomic mass is 10.1. The van der Waals surface area contributed by atoms with Gasteiger partial charge in [0.1, 0.15) is 0 Å². The number of esters is 1. The van der Waals surface area contributed by atoms with Gasteiger partial charge in [-0.05, 0) is 6.42 Å². The summed E-state index contributed by atoms with van der Waals surface area (Å²) in [5.74, 6) is -0.105. The Labute approximate surface area is 80.6 Å². The van der Waals surface area contributed by atoms with Crippen LogP contribution in [-0.4, -0.2) is 19.6 Å². The fourth-order valence-electron chi connectivity index (χ4n) is 1.20. The molecule has 0 unspecified atom stereocenters. The third kappa shape index (κ3) is 9.34. The largest absolute Gasteiger partial charge is 0.677 e. The molecule has 0 aliphatic heterocycles. The second-order valence-corrected chi connectivity index (χ2v) is 3.20. The summed E-state index contributed by atoms with van der Waals surface area (Å²) in [6, 6.07) is 0. The average molecular weight is 186 g/mol. The maximum absolute atomic E-state index is 10.7. The van der Waals surface area contributed by atoms with E-state index in [1.165, 1.54) is 20.0 Å². The van der Waals surface area contributed by atoms with Crippen LogP contribution in [0.2, 0.25) is 0 Å². The van der Waals surface area contributed by atoms with Gasteiger partial charge in [0.05, 0.1) is 7.11 Å². The maximum atomic E-state index is 10.7. The molecule has 13 heavy (non-hydrogen) atoms. The number of nitrogens with one attached hydrogen (secondary N) is 1. The SMILES string of the molecule is COC(=O)CCCCCCCC[NH-]. The maximum Gasteiger partial charge on any atom is 0.305 e. The van der Waals surface area contributed by atoms with Gasteiger partial charge in [-0.25, -0.2) is 0 Å². The highest BCUT2D eigenvalue weighted by atomic mass is 16.5. The van der Waals surface area contributed by atoms with E-state index in [9.17, 15) is 4.79 Å². The zero-order chi connectivity index (χ0) is 9.94. The summed E-state index contributed by atoms with van der Waals surface area (Å²) in [4.78, 5) is 10.7. The number of hydrogen-bond acceptors (Lipinski definition) is 2. The van der Waals surface area contributed by atoms with E-state index in [2.05, 4.69) is 4.74 Å². The van der Waals surface area contributed by atoms with E-state index in [0.717, 1.165) is 25.7 Å². The normalized spacial score (nSPS) is 10.0. The smallest absolute Gasteiger partial charge is 0.305 e. The molecular formula is C10H20NO2-. The van der Waals surface area contributed by atoms with Crippen LogP contribution in [0.15, 0.2) is 0 Å². The summed E-state index contributed by atoms with van der Waals surface area (Å²) in [6.07, 6.45) is 7.13. The number of hydrogen-bond donors (Lipinski definition) is 0. The standard InChI is InChI=1S/C10H20NO2/c1-13-10(12)8-6-4-2-3-5-7-9-11/h11H,2-9H2,1H3/q-1. The van der Waals surface area contributed by atoms with Gasteiger partial charge in [-0.1, -0.05) is 32.1 Å². The Morgan fingerprint density at radius 3 is 2.15 bits per heavy atom. The quantitative estimate of drug-likeness (QED) is 0.432. The first kappa shape index (κ1) is 12.4. The van der Waals surface area contributed by atoms with Crippen molar-refractivity contribution in [3.63, 3.8) is 0 Å². The van der Waals surface area contributed by atoms with E-state index < -0.39 is 0 Å². The monoisotopic (exact) mass is 186 g/mol. The van der Waals surface area contributed by atoms with Crippen LogP contribution in [0.5, 0.6) is 0 Å². The van der Waals surface area contributed by atoms with Crippen molar-refractivity contribution < 1.29 is 9.53 Å². The van der Waals surface area contributed by atoms with Gasteiger partial charge in [-0.15, -0.1) is 0 Å². The molecule has 1 N–H and O–H groups in total. The van der Waals surface area contributed by atoms with E-state index in [1.807, 2.05) is 0 Å². The summed E-state index contributed by atoms with van der Waals surface area (Å²) >= 11 is 0. The molecule has 0 aliphatic rings. The molecule has 0 aliphatic carbocycles. The topological polar surface area (TPSA) is 50.1 Å². The molecule has 0 atom stereocenters. The number of carbonyl (C=O) groups excluding carboxylic acids is 1. The van der Waals surface area contributed by atoms with Gasteiger partial charge in [0.25, 0.3) is 0 Å². The van der Waals surface area contributed by atoms with Crippen LogP contribution in [0.1, 0.15) is 44.9 Å². The third-order valence-corrected chi connectivity index (χ3v) is 2.04. The summed E-state index contributed by atoms with van der Waals surface area (Å²) < 4.78 is 4.53. The van der Waals surface area contributed by atoms with E-state index in [1.54, 1.807) is 0 Å². The van der Waals surface area contributed by atoms with Crippen LogP contribution in [0.4, 0.5) is 0 Å². The van der Waals surface area contributed by atoms with Gasteiger partial charge in [0.2, 0.25) is 0 Å². The Hall–Kier alpha value is -0.570. The fourth-order valence-corrected chi connectivity index (χ4v) is 1.20. The molecule has 0 radical (unpaired) electrons. The highest BCUT2D eigenvalue weighted by Crippen LogP contribution is 2.07. The Balaban J connectivity index is 2.95. The summed E-state index contributed by atoms with van der Waals surface area (Å²) in [5.41, 5.74) is 6.94. The third-order valence-electron chi connectivity index (χ3n) is 2.04. The molecule has 0 aromatic carbocycles. The van der Waals surface area contributed by atoms with Crippen LogP contribution in [0.3, 0.4) is 0 Å². The Morgan fingerprint density at radius 1 is 1.08 bits per heavy atom. The molecule has 3 nitrogen and oxygen atoms in total. The van der Waals surface area contributed by atoms with Crippen LogP contribution >= 0.6 is 0 Å². The van der Waals surface area contributed by atoms with Crippen molar-refractivity contribution in [3.8, 4) is 0 Å². The van der Waals surface area contributed by atoms with Crippen molar-refractivity contribution in [2.75, 3.05) is 13.7 Å². The number of carbonyl (C=O) groups is 1. The molecule has 0 bridgehead atoms. The number of unbranched alkanes of at least 4 members (excludes halogenated alkanes) is 5. The highest BCUT2D eigenvalue weighted by molar-refractivity contribution is 5.68. The van der Waals surface area contributed by atoms with Crippen molar-refractivity contribution in [2.24, 2.45) is 0 Å². The van der Waals surface area contributed by atoms with Crippen LogP contribution in [-0.2, 0) is 9.53 Å². The molecule has 0 aromatic rings. The number of methoxy groups -OCH3 is 1. The minimum atomic E-state index is -0.105. The predicted molar refractivity (Wildman–Crippen MR) is 53.5 cm³/mol. The molecule has 78 valence electrons. The zero-order valence-corrected chi connectivity index (χ0v) is 8.47. The first-order valence-corrected chi connectivity index (χ1v) is 5.02. The average Bonchev–Trinajstić information content (AvgIpc) is 2.16. The molecule has 0 spiro atoms. The van der Waals surface area contributed by atoms with Gasteiger partial charge < -0.3 is 10.5 Å². The van der Waals surface area contributed by atoms with Crippen molar-refractivity contribution in [2.45, 2.75) is 44.9 Å².